The molecule has 0 aromatic heterocycles. The molecule has 0 bridgehead atoms. The van der Waals surface area contributed by atoms with Gasteiger partial charge in [-0.3, -0.25) is 19.7 Å². The first-order valence-corrected chi connectivity index (χ1v) is 12.0. The number of nitrogens with one attached hydrogen (secondary N) is 1. The summed E-state index contributed by atoms with van der Waals surface area (Å²) in [5.74, 6) is -1.01. The Morgan fingerprint density at radius 1 is 0.730 bits per heavy atom. The van der Waals surface area contributed by atoms with Crippen LogP contribution in [-0.2, 0) is 0 Å². The lowest BCUT2D eigenvalue weighted by Crippen LogP contribution is -2.41. The van der Waals surface area contributed by atoms with E-state index in [2.05, 4.69) is 5.32 Å². The number of imide groups is 1. The third-order valence-electron chi connectivity index (χ3n) is 6.99. The Morgan fingerprint density at radius 2 is 1.27 bits per heavy atom. The largest absolute Gasteiger partial charge is 0.349 e. The van der Waals surface area contributed by atoms with Gasteiger partial charge in [0.05, 0.1) is 16.2 Å². The number of carbonyl (C=O) groups excluding carboxylic acids is 2. The van der Waals surface area contributed by atoms with Crippen LogP contribution >= 0.6 is 0 Å². The highest BCUT2D eigenvalue weighted by Gasteiger charge is 2.38. The van der Waals surface area contributed by atoms with Gasteiger partial charge < -0.3 is 5.32 Å². The van der Waals surface area contributed by atoms with Crippen LogP contribution in [0.4, 0.5) is 22.7 Å². The summed E-state index contributed by atoms with van der Waals surface area (Å²) in [4.78, 5) is 40.6. The predicted molar refractivity (Wildman–Crippen MR) is 146 cm³/mol. The smallest absolute Gasteiger partial charge is 0.294 e. The summed E-state index contributed by atoms with van der Waals surface area (Å²) in [6.07, 6.45) is 0. The summed E-state index contributed by atoms with van der Waals surface area (Å²) >= 11 is 0. The van der Waals surface area contributed by atoms with Crippen molar-refractivity contribution in [3.05, 3.63) is 103 Å². The number of nitro benzene ring substituents is 1. The van der Waals surface area contributed by atoms with Gasteiger partial charge in [-0.15, -0.1) is 0 Å². The monoisotopic (exact) mass is 493 g/mol. The summed E-state index contributed by atoms with van der Waals surface area (Å²) in [5.41, 5.74) is 7.34. The maximum Gasteiger partial charge on any atom is 0.294 e. The summed E-state index contributed by atoms with van der Waals surface area (Å²) < 4.78 is 0. The van der Waals surface area contributed by atoms with Gasteiger partial charge >= 0.3 is 0 Å². The first-order valence-electron chi connectivity index (χ1n) is 12.0. The van der Waals surface area contributed by atoms with E-state index >= 15 is 0 Å². The molecule has 1 heterocycles. The molecule has 37 heavy (non-hydrogen) atoms. The standard InChI is InChI=1S/C30H27N3O4/c1-15-10-17(3)26(18(4)11-15)31-27-21-8-7-9-22-25(21)23(14-24(27)33(36)37)30(35)32(29(22)34)28-19(5)12-16(2)13-20(28)6/h7-14,31H,1-6H3. The molecule has 2 amide bonds. The van der Waals surface area contributed by atoms with E-state index in [1.165, 1.54) is 6.07 Å². The first kappa shape index (κ1) is 24.2. The molecule has 0 atom stereocenters. The summed E-state index contributed by atoms with van der Waals surface area (Å²) in [6, 6.07) is 14.2. The molecule has 1 aliphatic heterocycles. The number of hydrogen-bond donors (Lipinski definition) is 1. The number of aryl methyl sites for hydroxylation is 6. The van der Waals surface area contributed by atoms with E-state index in [-0.39, 0.29) is 16.9 Å². The van der Waals surface area contributed by atoms with Crippen molar-refractivity contribution in [3.8, 4) is 0 Å². The Labute approximate surface area is 214 Å². The third-order valence-corrected chi connectivity index (χ3v) is 6.99. The van der Waals surface area contributed by atoms with Crippen LogP contribution in [0.5, 0.6) is 0 Å². The third kappa shape index (κ3) is 3.74. The Morgan fingerprint density at radius 3 is 1.84 bits per heavy atom. The Hall–Kier alpha value is -4.52. The van der Waals surface area contributed by atoms with E-state index in [9.17, 15) is 19.7 Å². The topological polar surface area (TPSA) is 92.6 Å². The van der Waals surface area contributed by atoms with Crippen molar-refractivity contribution in [1.82, 2.24) is 0 Å². The van der Waals surface area contributed by atoms with Gasteiger partial charge in [-0.05, 0) is 69.9 Å². The Balaban J connectivity index is 1.78. The summed E-state index contributed by atoms with van der Waals surface area (Å²) in [5, 5.41) is 16.5. The van der Waals surface area contributed by atoms with Crippen molar-refractivity contribution in [2.45, 2.75) is 41.5 Å². The lowest BCUT2D eigenvalue weighted by Gasteiger charge is -2.30. The molecule has 0 saturated carbocycles. The van der Waals surface area contributed by atoms with Gasteiger partial charge in [0.15, 0.2) is 0 Å². The van der Waals surface area contributed by atoms with E-state index in [1.54, 1.807) is 18.2 Å². The molecule has 7 heteroatoms. The molecular formula is C30H27N3O4. The highest BCUT2D eigenvalue weighted by atomic mass is 16.6. The van der Waals surface area contributed by atoms with Gasteiger partial charge in [0.2, 0.25) is 0 Å². The number of amides is 2. The molecule has 186 valence electrons. The lowest BCUT2D eigenvalue weighted by molar-refractivity contribution is -0.383. The normalized spacial score (nSPS) is 12.9. The minimum Gasteiger partial charge on any atom is -0.349 e. The summed E-state index contributed by atoms with van der Waals surface area (Å²) in [6.45, 7) is 11.5. The Bertz CT molecular complexity index is 1640. The van der Waals surface area contributed by atoms with Crippen molar-refractivity contribution >= 4 is 45.3 Å². The van der Waals surface area contributed by atoms with Crippen LogP contribution in [0.2, 0.25) is 0 Å². The minimum atomic E-state index is -0.568. The first-order chi connectivity index (χ1) is 17.5. The van der Waals surface area contributed by atoms with Gasteiger partial charge in [-0.2, -0.15) is 0 Å². The van der Waals surface area contributed by atoms with Crippen LogP contribution < -0.4 is 10.2 Å². The number of benzene rings is 4. The van der Waals surface area contributed by atoms with Crippen molar-refractivity contribution in [2.24, 2.45) is 0 Å². The number of rotatable bonds is 4. The quantitative estimate of drug-likeness (QED) is 0.185. The van der Waals surface area contributed by atoms with Gasteiger partial charge in [0, 0.05) is 28.1 Å². The molecule has 0 spiro atoms. The molecule has 4 aromatic rings. The van der Waals surface area contributed by atoms with E-state index in [4.69, 9.17) is 0 Å². The van der Waals surface area contributed by atoms with Gasteiger partial charge in [-0.1, -0.05) is 47.5 Å². The second-order valence-corrected chi connectivity index (χ2v) is 9.90. The van der Waals surface area contributed by atoms with Crippen LogP contribution in [-0.4, -0.2) is 16.7 Å². The van der Waals surface area contributed by atoms with E-state index < -0.39 is 16.7 Å². The average molecular weight is 494 g/mol. The maximum atomic E-state index is 13.9. The fourth-order valence-electron chi connectivity index (χ4n) is 5.66. The Kier molecular flexibility index (Phi) is 5.59. The molecule has 1 aliphatic rings. The zero-order valence-electron chi connectivity index (χ0n) is 21.6. The number of nitro groups is 1. The van der Waals surface area contributed by atoms with Crippen molar-refractivity contribution in [1.29, 1.82) is 0 Å². The average Bonchev–Trinajstić information content (AvgIpc) is 2.81. The van der Waals surface area contributed by atoms with Crippen LogP contribution in [0.25, 0.3) is 10.8 Å². The van der Waals surface area contributed by atoms with E-state index in [0.29, 0.717) is 22.0 Å². The molecule has 7 nitrogen and oxygen atoms in total. The minimum absolute atomic E-state index is 0.138. The van der Waals surface area contributed by atoms with Gasteiger partial charge in [0.25, 0.3) is 17.5 Å². The van der Waals surface area contributed by atoms with Crippen LogP contribution in [0.1, 0.15) is 54.1 Å². The fourth-order valence-corrected chi connectivity index (χ4v) is 5.66. The number of nitrogens with zero attached hydrogens (tertiary/aromatic N) is 2. The van der Waals surface area contributed by atoms with E-state index in [0.717, 1.165) is 44.0 Å². The molecule has 4 aromatic carbocycles. The highest BCUT2D eigenvalue weighted by molar-refractivity contribution is 6.37. The highest BCUT2D eigenvalue weighted by Crippen LogP contribution is 2.44. The molecular weight excluding hydrogens is 466 g/mol. The SMILES string of the molecule is Cc1cc(C)c(Nc2c([N+](=O)[O-])cc3c4c(cccc24)C(=O)N(c2c(C)cc(C)cc2C)C3=O)c(C)c1. The second-order valence-electron chi connectivity index (χ2n) is 9.90. The van der Waals surface area contributed by atoms with Crippen LogP contribution in [0.15, 0.2) is 48.5 Å². The number of hydrogen-bond acceptors (Lipinski definition) is 5. The molecule has 0 fully saturated rings. The summed E-state index contributed by atoms with van der Waals surface area (Å²) in [7, 11) is 0. The fraction of sp³-hybridized carbons (Fsp3) is 0.200. The van der Waals surface area contributed by atoms with Gasteiger partial charge in [-0.25, -0.2) is 4.90 Å². The predicted octanol–water partition coefficient (Wildman–Crippen LogP) is 7.14. The molecule has 0 radical (unpaired) electrons. The zero-order chi connectivity index (χ0) is 26.8. The van der Waals surface area contributed by atoms with E-state index in [1.807, 2.05) is 65.8 Å². The van der Waals surface area contributed by atoms with Crippen molar-refractivity contribution in [2.75, 3.05) is 10.2 Å². The van der Waals surface area contributed by atoms with Gasteiger partial charge in [0.1, 0.15) is 5.69 Å². The molecule has 1 N–H and O–H groups in total. The molecule has 0 aliphatic carbocycles. The molecule has 0 unspecified atom stereocenters. The molecule has 5 rings (SSSR count). The van der Waals surface area contributed by atoms with Crippen molar-refractivity contribution in [3.63, 3.8) is 0 Å². The lowest BCUT2D eigenvalue weighted by atomic mass is 9.90. The maximum absolute atomic E-state index is 13.9. The van der Waals surface area contributed by atoms with Crippen LogP contribution in [0, 0.1) is 51.7 Å². The molecule has 0 saturated heterocycles. The van der Waals surface area contributed by atoms with Crippen LogP contribution in [0.3, 0.4) is 0 Å². The number of anilines is 3. The second kappa shape index (κ2) is 8.55. The zero-order valence-corrected chi connectivity index (χ0v) is 21.6. The van der Waals surface area contributed by atoms with Crippen molar-refractivity contribution < 1.29 is 14.5 Å². The number of carbonyl (C=O) groups is 2.